The fourth-order valence-electron chi connectivity index (χ4n) is 4.38. The van der Waals surface area contributed by atoms with Crippen molar-refractivity contribution < 1.29 is 23.9 Å². The van der Waals surface area contributed by atoms with Crippen LogP contribution in [0.25, 0.3) is 0 Å². The van der Waals surface area contributed by atoms with Crippen molar-refractivity contribution in [3.63, 3.8) is 0 Å². The lowest BCUT2D eigenvalue weighted by Crippen LogP contribution is -2.40. The summed E-state index contributed by atoms with van der Waals surface area (Å²) >= 11 is 6.77. The summed E-state index contributed by atoms with van der Waals surface area (Å²) in [6.07, 6.45) is 0. The van der Waals surface area contributed by atoms with Gasteiger partial charge in [-0.15, -0.1) is 0 Å². The van der Waals surface area contributed by atoms with E-state index in [0.717, 1.165) is 8.95 Å². The van der Waals surface area contributed by atoms with Crippen LogP contribution in [0.3, 0.4) is 0 Å². The summed E-state index contributed by atoms with van der Waals surface area (Å²) in [6, 6.07) is 12.1. The highest BCUT2D eigenvalue weighted by Crippen LogP contribution is 2.78. The molecule has 3 atom stereocenters. The highest BCUT2D eigenvalue weighted by atomic mass is 79.9. The van der Waals surface area contributed by atoms with Gasteiger partial charge >= 0.3 is 11.9 Å². The maximum atomic E-state index is 13.5. The Morgan fingerprint density at radius 1 is 1.11 bits per heavy atom. The number of hydrogen-bond acceptors (Lipinski definition) is 5. The third-order valence-electron chi connectivity index (χ3n) is 5.73. The molecule has 2 aromatic carbocycles. The molecule has 0 bridgehead atoms. The van der Waals surface area contributed by atoms with E-state index >= 15 is 0 Å². The number of carbonyl (C=O) groups is 3. The molecule has 1 aliphatic heterocycles. The number of carbonyl (C=O) groups excluding carboxylic acids is 3. The Kier molecular flexibility index (Phi) is 4.50. The number of halogens is 2. The molecule has 0 aromatic heterocycles. The summed E-state index contributed by atoms with van der Waals surface area (Å²) < 4.78 is 12.3. The van der Waals surface area contributed by atoms with Crippen molar-refractivity contribution in [3.05, 3.63) is 62.5 Å². The van der Waals surface area contributed by atoms with Crippen LogP contribution in [0.15, 0.2) is 51.4 Å². The smallest absolute Gasteiger partial charge is 0.330 e. The number of ether oxygens (including phenoxy) is 2. The Hall–Kier alpha value is -1.99. The molecule has 1 heterocycles. The monoisotopic (exact) mass is 506 g/mol. The van der Waals surface area contributed by atoms with E-state index in [0.29, 0.717) is 16.9 Å². The minimum atomic E-state index is -1.68. The van der Waals surface area contributed by atoms with E-state index in [1.54, 1.807) is 56.3 Å². The van der Waals surface area contributed by atoms with Gasteiger partial charge in [-0.3, -0.25) is 14.4 Å². The first-order chi connectivity index (χ1) is 13.3. The van der Waals surface area contributed by atoms with Crippen LogP contribution in [0.4, 0.5) is 0 Å². The number of benzene rings is 2. The molecule has 0 spiro atoms. The van der Waals surface area contributed by atoms with Gasteiger partial charge in [0.05, 0.1) is 12.0 Å². The normalized spacial score (nSPS) is 27.3. The highest BCUT2D eigenvalue weighted by molar-refractivity contribution is 9.10. The van der Waals surface area contributed by atoms with Gasteiger partial charge in [0.2, 0.25) is 0 Å². The lowest BCUT2D eigenvalue weighted by atomic mass is 9.87. The third-order valence-corrected chi connectivity index (χ3v) is 6.75. The van der Waals surface area contributed by atoms with E-state index < -0.39 is 28.7 Å². The number of ketones is 1. The number of fused-ring (bicyclic) bond motifs is 3. The van der Waals surface area contributed by atoms with Crippen molar-refractivity contribution in [2.24, 2.45) is 10.8 Å². The van der Waals surface area contributed by atoms with Gasteiger partial charge in [0, 0.05) is 26.0 Å². The molecule has 0 radical (unpaired) electrons. The highest BCUT2D eigenvalue weighted by Gasteiger charge is 2.89. The van der Waals surface area contributed by atoms with Gasteiger partial charge < -0.3 is 9.47 Å². The Balaban J connectivity index is 1.90. The molecule has 1 saturated carbocycles. The predicted molar refractivity (Wildman–Crippen MR) is 108 cm³/mol. The van der Waals surface area contributed by atoms with Crippen LogP contribution in [0.2, 0.25) is 0 Å². The van der Waals surface area contributed by atoms with Crippen molar-refractivity contribution in [1.82, 2.24) is 0 Å². The Bertz CT molecular complexity index is 1020. The number of esters is 2. The summed E-state index contributed by atoms with van der Waals surface area (Å²) in [7, 11) is 0. The molecular weight excluding hydrogens is 492 g/mol. The molecule has 7 heteroatoms. The van der Waals surface area contributed by atoms with E-state index in [-0.39, 0.29) is 12.4 Å². The van der Waals surface area contributed by atoms with Crippen molar-refractivity contribution in [2.45, 2.75) is 19.8 Å². The average molecular weight is 508 g/mol. The Morgan fingerprint density at radius 3 is 2.39 bits per heavy atom. The first-order valence-electron chi connectivity index (χ1n) is 8.77. The fraction of sp³-hybridized carbons (Fsp3) is 0.286. The van der Waals surface area contributed by atoms with E-state index in [4.69, 9.17) is 9.47 Å². The summed E-state index contributed by atoms with van der Waals surface area (Å²) in [6.45, 7) is 3.42. The second-order valence-corrected chi connectivity index (χ2v) is 8.90. The molecule has 2 aromatic rings. The lowest BCUT2D eigenvalue weighted by Gasteiger charge is -2.22. The summed E-state index contributed by atoms with van der Waals surface area (Å²) in [4.78, 5) is 39.5. The standard InChI is InChI=1S/C21H16Br2O5/c1-3-27-18(25)21-16(14-10-13(23)8-9-15(14)28-19(21)26)20(21,2)17(24)11-4-6-12(22)7-5-11/h4-10,16H,3H2,1-2H3/t16-,20-,21-/m0/s1. The number of rotatable bonds is 4. The minimum absolute atomic E-state index is 0.106. The molecular formula is C21H16Br2O5. The van der Waals surface area contributed by atoms with Crippen LogP contribution in [0.1, 0.15) is 35.7 Å². The van der Waals surface area contributed by atoms with Gasteiger partial charge in [-0.05, 0) is 44.2 Å². The lowest BCUT2D eigenvalue weighted by molar-refractivity contribution is -0.162. The first kappa shape index (κ1) is 19.3. The third kappa shape index (κ3) is 2.38. The molecule has 5 nitrogen and oxygen atoms in total. The first-order valence-corrected chi connectivity index (χ1v) is 10.4. The molecule has 0 amide bonds. The molecule has 4 rings (SSSR count). The van der Waals surface area contributed by atoms with Crippen LogP contribution in [0, 0.1) is 10.8 Å². The Labute approximate surface area is 178 Å². The maximum absolute atomic E-state index is 13.5. The van der Waals surface area contributed by atoms with Crippen LogP contribution >= 0.6 is 31.9 Å². The van der Waals surface area contributed by atoms with Crippen LogP contribution < -0.4 is 4.74 Å². The van der Waals surface area contributed by atoms with Crippen molar-refractivity contribution in [1.29, 1.82) is 0 Å². The minimum Gasteiger partial charge on any atom is -0.465 e. The molecule has 0 N–H and O–H groups in total. The average Bonchev–Trinajstić information content (AvgIpc) is 3.26. The summed E-state index contributed by atoms with van der Waals surface area (Å²) in [5.41, 5.74) is -1.90. The van der Waals surface area contributed by atoms with Crippen LogP contribution in [-0.2, 0) is 14.3 Å². The van der Waals surface area contributed by atoms with E-state index in [1.165, 1.54) is 0 Å². The SMILES string of the molecule is CCOC(=O)[C@]12C(=O)Oc3ccc(Br)cc3[C@H]1[C@@]2(C)C(=O)c1ccc(Br)cc1. The zero-order valence-corrected chi connectivity index (χ0v) is 18.3. The fourth-order valence-corrected chi connectivity index (χ4v) is 5.02. The second-order valence-electron chi connectivity index (χ2n) is 7.07. The molecule has 144 valence electrons. The molecule has 1 fully saturated rings. The van der Waals surface area contributed by atoms with Crippen molar-refractivity contribution >= 4 is 49.6 Å². The Morgan fingerprint density at radius 2 is 1.75 bits per heavy atom. The zero-order chi connectivity index (χ0) is 20.3. The quantitative estimate of drug-likeness (QED) is 0.260. The van der Waals surface area contributed by atoms with E-state index in [1.807, 2.05) is 0 Å². The zero-order valence-electron chi connectivity index (χ0n) is 15.1. The summed E-state index contributed by atoms with van der Waals surface area (Å²) in [5, 5.41) is 0. The molecule has 28 heavy (non-hydrogen) atoms. The van der Waals surface area contributed by atoms with Gasteiger partial charge in [0.25, 0.3) is 0 Å². The molecule has 0 unspecified atom stereocenters. The number of Topliss-reactive ketones (excluding diaryl/α,β-unsaturated/α-hetero) is 1. The number of hydrogen-bond donors (Lipinski definition) is 0. The van der Waals surface area contributed by atoms with Gasteiger partial charge in [-0.1, -0.05) is 44.0 Å². The van der Waals surface area contributed by atoms with Crippen LogP contribution in [0.5, 0.6) is 5.75 Å². The van der Waals surface area contributed by atoms with Crippen LogP contribution in [-0.4, -0.2) is 24.3 Å². The van der Waals surface area contributed by atoms with E-state index in [9.17, 15) is 14.4 Å². The molecule has 0 saturated heterocycles. The van der Waals surface area contributed by atoms with Crippen molar-refractivity contribution in [2.75, 3.05) is 6.61 Å². The van der Waals surface area contributed by atoms with Crippen molar-refractivity contribution in [3.8, 4) is 5.75 Å². The van der Waals surface area contributed by atoms with Gasteiger partial charge in [0.1, 0.15) is 5.75 Å². The largest absolute Gasteiger partial charge is 0.465 e. The van der Waals surface area contributed by atoms with E-state index in [2.05, 4.69) is 31.9 Å². The maximum Gasteiger partial charge on any atom is 0.330 e. The molecule has 2 aliphatic rings. The van der Waals surface area contributed by atoms with Gasteiger partial charge in [-0.25, -0.2) is 0 Å². The topological polar surface area (TPSA) is 69.7 Å². The summed E-state index contributed by atoms with van der Waals surface area (Å²) in [5.74, 6) is -2.03. The van der Waals surface area contributed by atoms with Gasteiger partial charge in [0.15, 0.2) is 11.2 Å². The van der Waals surface area contributed by atoms with Gasteiger partial charge in [-0.2, -0.15) is 0 Å². The molecule has 1 aliphatic carbocycles. The second kappa shape index (κ2) is 6.52. The predicted octanol–water partition coefficient (Wildman–Crippen LogP) is 4.67.